The van der Waals surface area contributed by atoms with Gasteiger partial charge < -0.3 is 20.2 Å². The number of nitrogens with one attached hydrogen (secondary N) is 2. The number of aldehydes is 1. The molecule has 39 heavy (non-hydrogen) atoms. The summed E-state index contributed by atoms with van der Waals surface area (Å²) in [4.78, 5) is 35.1. The van der Waals surface area contributed by atoms with Crippen molar-refractivity contribution in [3.05, 3.63) is 69.7 Å². The van der Waals surface area contributed by atoms with Gasteiger partial charge >= 0.3 is 6.18 Å². The Labute approximate surface area is 232 Å². The molecule has 1 fully saturated rings. The fourth-order valence-corrected chi connectivity index (χ4v) is 3.98. The largest absolute Gasteiger partial charge is 0.417 e. The van der Waals surface area contributed by atoms with Gasteiger partial charge in [0, 0.05) is 26.1 Å². The Bertz CT molecular complexity index is 1070. The number of fused-ring (bicyclic) bond motifs is 1. The maximum absolute atomic E-state index is 12.5. The van der Waals surface area contributed by atoms with Gasteiger partial charge in [0.25, 0.3) is 0 Å². The molecule has 2 aromatic carbocycles. The molecule has 214 valence electrons. The predicted octanol–water partition coefficient (Wildman–Crippen LogP) is 4.74. The highest BCUT2D eigenvalue weighted by molar-refractivity contribution is 6.31. The summed E-state index contributed by atoms with van der Waals surface area (Å²) in [6, 6.07) is 11.4. The lowest BCUT2D eigenvalue weighted by molar-refractivity contribution is -0.137. The molecule has 2 unspecified atom stereocenters. The zero-order chi connectivity index (χ0) is 28.8. The van der Waals surface area contributed by atoms with Gasteiger partial charge in [-0.1, -0.05) is 61.2 Å². The maximum Gasteiger partial charge on any atom is 0.417 e. The van der Waals surface area contributed by atoms with E-state index < -0.39 is 23.7 Å². The van der Waals surface area contributed by atoms with E-state index in [1.807, 2.05) is 42.3 Å². The van der Waals surface area contributed by atoms with Crippen molar-refractivity contribution < 1.29 is 32.3 Å². The number of alkyl halides is 3. The van der Waals surface area contributed by atoms with Crippen LogP contribution in [0.5, 0.6) is 0 Å². The van der Waals surface area contributed by atoms with E-state index in [0.29, 0.717) is 31.7 Å². The summed E-state index contributed by atoms with van der Waals surface area (Å²) in [7, 11) is 3.34. The van der Waals surface area contributed by atoms with Gasteiger partial charge in [0.2, 0.25) is 12.3 Å². The van der Waals surface area contributed by atoms with Gasteiger partial charge in [0.1, 0.15) is 12.3 Å². The molecule has 4 rings (SSSR count). The van der Waals surface area contributed by atoms with Crippen LogP contribution in [-0.2, 0) is 45.0 Å². The third-order valence-corrected chi connectivity index (χ3v) is 6.15. The number of hydrogen-bond donors (Lipinski definition) is 2. The number of hydrogen-bond acceptors (Lipinski definition) is 5. The summed E-state index contributed by atoms with van der Waals surface area (Å²) in [5.41, 5.74) is 1.87. The summed E-state index contributed by atoms with van der Waals surface area (Å²) in [6.07, 6.45) is 1.53. The van der Waals surface area contributed by atoms with Gasteiger partial charge in [-0.3, -0.25) is 14.5 Å². The predicted molar refractivity (Wildman–Crippen MR) is 143 cm³/mol. The van der Waals surface area contributed by atoms with E-state index >= 15 is 0 Å². The summed E-state index contributed by atoms with van der Waals surface area (Å²) >= 11 is 5.60. The number of carbonyl (C=O) groups is 3. The van der Waals surface area contributed by atoms with Gasteiger partial charge in [0.05, 0.1) is 23.8 Å². The molecule has 1 saturated carbocycles. The molecule has 2 atom stereocenters. The summed E-state index contributed by atoms with van der Waals surface area (Å²) in [5.74, 6) is -0.791. The van der Waals surface area contributed by atoms with E-state index in [-0.39, 0.29) is 24.0 Å². The first kappa shape index (κ1) is 32.3. The Hall–Kier alpha value is -2.95. The van der Waals surface area contributed by atoms with Gasteiger partial charge in [-0.05, 0) is 42.3 Å². The number of likely N-dealkylation sites (N-methyl/N-ethyl adjacent to an activating group) is 1. The molecule has 1 aliphatic carbocycles. The quantitative estimate of drug-likeness (QED) is 0.404. The Morgan fingerprint density at radius 1 is 1.10 bits per heavy atom. The normalized spacial score (nSPS) is 15.3. The molecule has 0 aromatic heterocycles. The molecule has 1 heterocycles. The second-order valence-electron chi connectivity index (χ2n) is 9.42. The van der Waals surface area contributed by atoms with Crippen molar-refractivity contribution >= 4 is 30.2 Å². The molecule has 7 nitrogen and oxygen atoms in total. The van der Waals surface area contributed by atoms with E-state index in [9.17, 15) is 27.6 Å². The summed E-state index contributed by atoms with van der Waals surface area (Å²) in [5, 5.41) is 4.63. The molecule has 2 aliphatic rings. The van der Waals surface area contributed by atoms with Crippen molar-refractivity contribution in [2.24, 2.45) is 5.92 Å². The average Bonchev–Trinajstić information content (AvgIpc) is 3.74. The second kappa shape index (κ2) is 16.2. The number of nitrogens with zero attached hydrogens (tertiary/aromatic N) is 1. The molecule has 2 aromatic rings. The van der Waals surface area contributed by atoms with E-state index in [1.165, 1.54) is 32.4 Å². The van der Waals surface area contributed by atoms with Crippen molar-refractivity contribution in [2.45, 2.75) is 57.6 Å². The highest BCUT2D eigenvalue weighted by Crippen LogP contribution is 2.38. The van der Waals surface area contributed by atoms with E-state index in [2.05, 4.69) is 10.6 Å². The summed E-state index contributed by atoms with van der Waals surface area (Å²) < 4.78 is 43.0. The molecule has 0 bridgehead atoms. The number of amides is 2. The van der Waals surface area contributed by atoms with E-state index in [4.69, 9.17) is 16.3 Å². The fourth-order valence-electron chi connectivity index (χ4n) is 3.68. The van der Waals surface area contributed by atoms with Crippen LogP contribution < -0.4 is 10.6 Å². The monoisotopic (exact) mass is 569 g/mol. The standard InChI is InChI=1S/C15H20N2O4.C10H9ClF3N.C3H6/c1-16-15(20)14(17-11-19)7-13(8-18)10-21-9-12-5-3-2-4-6-12;1-15-4-6-2-8(10(12,13)14)9(11)3-7(6)5-15;1-2-3-1/h2-6,8,11,13-14H,7,9-10H2,1H3,(H,16,20)(H,17,19);2-3H,4-5H2,1H3;1-3H2. The zero-order valence-corrected chi connectivity index (χ0v) is 22.9. The highest BCUT2D eigenvalue weighted by atomic mass is 35.5. The van der Waals surface area contributed by atoms with Crippen LogP contribution in [0.3, 0.4) is 0 Å². The van der Waals surface area contributed by atoms with Crippen LogP contribution in [0.4, 0.5) is 13.2 Å². The molecule has 11 heteroatoms. The van der Waals surface area contributed by atoms with Gasteiger partial charge in [-0.25, -0.2) is 0 Å². The Morgan fingerprint density at radius 3 is 2.23 bits per heavy atom. The molecule has 2 N–H and O–H groups in total. The van der Waals surface area contributed by atoms with Crippen LogP contribution in [0.1, 0.15) is 47.9 Å². The lowest BCUT2D eigenvalue weighted by atomic mass is 10.0. The van der Waals surface area contributed by atoms with Gasteiger partial charge in [0.15, 0.2) is 0 Å². The first-order valence-corrected chi connectivity index (χ1v) is 13.0. The van der Waals surface area contributed by atoms with Gasteiger partial charge in [-0.2, -0.15) is 13.2 Å². The summed E-state index contributed by atoms with van der Waals surface area (Å²) in [6.45, 7) is 1.81. The fraction of sp³-hybridized carbons (Fsp3) is 0.464. The molecule has 1 aliphatic heterocycles. The average molecular weight is 570 g/mol. The maximum atomic E-state index is 12.5. The van der Waals surface area contributed by atoms with Crippen molar-refractivity contribution in [2.75, 3.05) is 20.7 Å². The molecule has 0 radical (unpaired) electrons. The Kier molecular flexibility index (Phi) is 13.4. The third-order valence-electron chi connectivity index (χ3n) is 5.84. The number of benzene rings is 2. The van der Waals surface area contributed by atoms with Crippen LogP contribution in [0.25, 0.3) is 0 Å². The van der Waals surface area contributed by atoms with E-state index in [0.717, 1.165) is 23.5 Å². The minimum absolute atomic E-state index is 0.201. The zero-order valence-electron chi connectivity index (χ0n) is 22.1. The Balaban J connectivity index is 0.000000256. The first-order chi connectivity index (χ1) is 18.6. The second-order valence-corrected chi connectivity index (χ2v) is 9.82. The minimum atomic E-state index is -4.37. The number of rotatable bonds is 10. The first-order valence-electron chi connectivity index (χ1n) is 12.6. The molecular weight excluding hydrogens is 535 g/mol. The van der Waals surface area contributed by atoms with Crippen molar-refractivity contribution in [3.63, 3.8) is 0 Å². The van der Waals surface area contributed by atoms with Crippen LogP contribution in [-0.4, -0.2) is 50.2 Å². The number of ether oxygens (including phenoxy) is 1. The molecule has 2 amide bonds. The molecule has 0 saturated heterocycles. The van der Waals surface area contributed by atoms with Crippen molar-refractivity contribution in [1.29, 1.82) is 0 Å². The van der Waals surface area contributed by atoms with E-state index in [1.54, 1.807) is 0 Å². The smallest absolute Gasteiger partial charge is 0.376 e. The van der Waals surface area contributed by atoms with Crippen LogP contribution in [0.2, 0.25) is 5.02 Å². The Morgan fingerprint density at radius 2 is 1.72 bits per heavy atom. The SMILES string of the molecule is C1CC1.CN1Cc2cc(Cl)c(C(F)(F)F)cc2C1.CNC(=O)C(CC(C=O)COCc1ccccc1)NC=O. The highest BCUT2D eigenvalue weighted by Gasteiger charge is 2.34. The van der Waals surface area contributed by atoms with Crippen LogP contribution in [0, 0.1) is 5.92 Å². The number of halogens is 4. The molecular formula is C28H35ClF3N3O4. The lowest BCUT2D eigenvalue weighted by Gasteiger charge is -2.18. The third kappa shape index (κ3) is 11.8. The van der Waals surface area contributed by atoms with Crippen molar-refractivity contribution in [3.8, 4) is 0 Å². The minimum Gasteiger partial charge on any atom is -0.376 e. The van der Waals surface area contributed by atoms with Crippen LogP contribution in [0.15, 0.2) is 42.5 Å². The van der Waals surface area contributed by atoms with Crippen molar-refractivity contribution in [1.82, 2.24) is 15.5 Å². The number of carbonyl (C=O) groups excluding carboxylic acids is 3. The molecule has 0 spiro atoms. The topological polar surface area (TPSA) is 87.7 Å². The van der Waals surface area contributed by atoms with Gasteiger partial charge in [-0.15, -0.1) is 0 Å². The lowest BCUT2D eigenvalue weighted by Crippen LogP contribution is -2.44. The van der Waals surface area contributed by atoms with Crippen LogP contribution >= 0.6 is 11.6 Å².